The minimum Gasteiger partial charge on any atom is -0.497 e. The van der Waals surface area contributed by atoms with Gasteiger partial charge in [0.05, 0.1) is 30.4 Å². The fourth-order valence-corrected chi connectivity index (χ4v) is 10.3. The fourth-order valence-electron chi connectivity index (χ4n) is 9.42. The predicted octanol–water partition coefficient (Wildman–Crippen LogP) is 6.50. The van der Waals surface area contributed by atoms with E-state index in [1.54, 1.807) is 19.2 Å². The third kappa shape index (κ3) is 5.66. The zero-order valence-electron chi connectivity index (χ0n) is 28.0. The van der Waals surface area contributed by atoms with Crippen LogP contribution in [-0.4, -0.2) is 81.6 Å². The normalized spacial score (nSPS) is 27.2. The Morgan fingerprint density at radius 3 is 2.49 bits per heavy atom. The lowest BCUT2D eigenvalue weighted by Gasteiger charge is -2.51. The highest BCUT2D eigenvalue weighted by molar-refractivity contribution is 7.83. The van der Waals surface area contributed by atoms with Crippen molar-refractivity contribution in [3.05, 3.63) is 53.1 Å². The van der Waals surface area contributed by atoms with Gasteiger partial charge >= 0.3 is 6.18 Å². The molecule has 5 fully saturated rings. The number of ether oxygens (including phenoxy) is 1. The molecule has 2 aromatic carbocycles. The molecule has 5 atom stereocenters. The summed E-state index contributed by atoms with van der Waals surface area (Å²) in [5, 5.41) is 1.03. The van der Waals surface area contributed by atoms with Crippen molar-refractivity contribution < 1.29 is 31.7 Å². The molecule has 2 saturated carbocycles. The van der Waals surface area contributed by atoms with Crippen molar-refractivity contribution in [1.82, 2.24) is 19.1 Å². The summed E-state index contributed by atoms with van der Waals surface area (Å²) in [4.78, 5) is 32.7. The van der Waals surface area contributed by atoms with Crippen molar-refractivity contribution in [2.75, 3.05) is 33.0 Å². The molecule has 49 heavy (non-hydrogen) atoms. The molecule has 4 aliphatic heterocycles. The molecule has 262 valence electrons. The molecule has 6 aliphatic rings. The van der Waals surface area contributed by atoms with Gasteiger partial charge in [-0.05, 0) is 86.5 Å². The highest BCUT2D eigenvalue weighted by atomic mass is 32.2. The molecule has 9 rings (SSSR count). The Balaban J connectivity index is 1.25. The number of methoxy groups -OCH3 is 1. The van der Waals surface area contributed by atoms with Gasteiger partial charge in [0.25, 0.3) is 5.91 Å². The number of carbonyl (C=O) groups is 2. The highest BCUT2D eigenvalue weighted by Gasteiger charge is 2.65. The van der Waals surface area contributed by atoms with Crippen molar-refractivity contribution in [3.8, 4) is 17.0 Å². The first-order chi connectivity index (χ1) is 23.5. The van der Waals surface area contributed by atoms with Gasteiger partial charge in [0.1, 0.15) is 16.7 Å². The van der Waals surface area contributed by atoms with Crippen molar-refractivity contribution in [2.45, 2.75) is 94.4 Å². The van der Waals surface area contributed by atoms with Gasteiger partial charge in [-0.2, -0.15) is 13.2 Å². The number of benzene rings is 2. The number of amides is 2. The van der Waals surface area contributed by atoms with Gasteiger partial charge in [0.15, 0.2) is 0 Å². The van der Waals surface area contributed by atoms with Crippen LogP contribution in [0.25, 0.3) is 22.2 Å². The van der Waals surface area contributed by atoms with Crippen LogP contribution in [-0.2, 0) is 22.3 Å². The first kappa shape index (κ1) is 32.8. The molecule has 2 amide bonds. The summed E-state index contributed by atoms with van der Waals surface area (Å²) in [7, 11) is 1.64. The summed E-state index contributed by atoms with van der Waals surface area (Å²) in [6.07, 6.45) is 2.70. The summed E-state index contributed by atoms with van der Waals surface area (Å²) in [6, 6.07) is 12.2. The number of nitrogens with zero attached hydrogens (tertiary/aromatic N) is 3. The zero-order valence-corrected chi connectivity index (χ0v) is 28.8. The number of hydrogen-bond donors (Lipinski definition) is 1. The number of likely N-dealkylation sites (N-methyl/N-ethyl adjacent to an activating group) is 1. The maximum absolute atomic E-state index is 14.9. The summed E-state index contributed by atoms with van der Waals surface area (Å²) in [6.45, 7) is 2.09. The second-order valence-electron chi connectivity index (χ2n) is 14.9. The molecular weight excluding hydrogens is 653 g/mol. The number of fused-ring (bicyclic) bond motifs is 10. The maximum atomic E-state index is 14.9. The summed E-state index contributed by atoms with van der Waals surface area (Å²) < 4.78 is 61.0. The number of alkyl halides is 3. The van der Waals surface area contributed by atoms with E-state index in [-0.39, 0.29) is 23.4 Å². The maximum Gasteiger partial charge on any atom is 0.390 e. The molecule has 1 N–H and O–H groups in total. The summed E-state index contributed by atoms with van der Waals surface area (Å²) in [5.74, 6) is -0.0840. The van der Waals surface area contributed by atoms with Crippen LogP contribution in [0.1, 0.15) is 91.1 Å². The lowest BCUT2D eigenvalue weighted by atomic mass is 9.81. The Hall–Kier alpha value is -3.38. The Morgan fingerprint density at radius 1 is 1.02 bits per heavy atom. The van der Waals surface area contributed by atoms with Gasteiger partial charge < -0.3 is 14.2 Å². The van der Waals surface area contributed by atoms with E-state index in [1.165, 1.54) is 12.0 Å². The van der Waals surface area contributed by atoms with E-state index in [0.717, 1.165) is 91.5 Å². The largest absolute Gasteiger partial charge is 0.497 e. The van der Waals surface area contributed by atoms with Crippen molar-refractivity contribution >= 4 is 33.7 Å². The number of hydrogen-bond acceptors (Lipinski definition) is 5. The van der Waals surface area contributed by atoms with Crippen LogP contribution in [0.2, 0.25) is 0 Å². The topological polar surface area (TPSA) is 83.9 Å². The molecule has 3 saturated heterocycles. The lowest BCUT2D eigenvalue weighted by Crippen LogP contribution is -2.64. The van der Waals surface area contributed by atoms with Gasteiger partial charge in [0, 0.05) is 59.7 Å². The molecule has 5 heterocycles. The van der Waals surface area contributed by atoms with Crippen molar-refractivity contribution in [1.29, 1.82) is 0 Å². The monoisotopic (exact) mass is 696 g/mol. The first-order valence-electron chi connectivity index (χ1n) is 17.6. The average Bonchev–Trinajstić information content (AvgIpc) is 3.76. The number of halogens is 3. The van der Waals surface area contributed by atoms with Crippen LogP contribution in [0.15, 0.2) is 36.4 Å². The first-order valence-corrected chi connectivity index (χ1v) is 18.9. The Bertz CT molecular complexity index is 1850. The van der Waals surface area contributed by atoms with Crippen LogP contribution in [0.3, 0.4) is 0 Å². The molecular formula is C37H43F3N4O4S. The van der Waals surface area contributed by atoms with Gasteiger partial charge in [-0.25, -0.2) is 4.21 Å². The molecule has 3 aromatic rings. The number of aromatic nitrogens is 1. The molecule has 1 aromatic heterocycles. The third-order valence-electron chi connectivity index (χ3n) is 12.1. The van der Waals surface area contributed by atoms with E-state index in [1.807, 2.05) is 12.1 Å². The van der Waals surface area contributed by atoms with E-state index in [2.05, 4.69) is 38.3 Å². The van der Waals surface area contributed by atoms with Crippen LogP contribution in [0.4, 0.5) is 13.2 Å². The number of carbonyl (C=O) groups excluding carboxylic acids is 2. The number of rotatable bonds is 7. The second-order valence-corrected chi connectivity index (χ2v) is 16.2. The Kier molecular flexibility index (Phi) is 8.13. The molecule has 12 heteroatoms. The zero-order chi connectivity index (χ0) is 34.2. The number of piperidine rings is 2. The molecule has 2 aliphatic carbocycles. The Labute approximate surface area is 286 Å². The number of piperazine rings is 1. The minimum absolute atomic E-state index is 0.0278. The molecule has 8 nitrogen and oxygen atoms in total. The second kappa shape index (κ2) is 12.1. The smallest absolute Gasteiger partial charge is 0.390 e. The standard InChI is InChI=1S/C37H43F3N4O4S/c1-42-19-25-10-9-24(42)20-43(25)35(46)36-18-30(36)29-17-26(48-2)11-13-27(29)33-32(22-6-4-3-5-7-22)28-12-8-23(16-31(28)44(33)21-36)34(45)41-49(47)15-14-37(38,39)40/h8,11-13,16-17,22,24-25,30H,3-7,9-10,14-15,18-21H2,1-2H3,(H,41,45). The van der Waals surface area contributed by atoms with E-state index in [9.17, 15) is 27.0 Å². The summed E-state index contributed by atoms with van der Waals surface area (Å²) in [5.41, 5.74) is 4.96. The van der Waals surface area contributed by atoms with Crippen LogP contribution >= 0.6 is 0 Å². The SMILES string of the molecule is COc1ccc2c(c1)C1CC1(C(=O)N1CC3CCC1CN3C)Cn1c-2c(C2CCCCC2)c2ccc(C(=O)NS(=O)CCC(F)(F)F)cc21. The molecule has 5 unspecified atom stereocenters. The summed E-state index contributed by atoms with van der Waals surface area (Å²) >= 11 is 0. The molecule has 2 bridgehead atoms. The lowest BCUT2D eigenvalue weighted by molar-refractivity contribution is -0.147. The highest BCUT2D eigenvalue weighted by Crippen LogP contribution is 2.66. The van der Waals surface area contributed by atoms with E-state index >= 15 is 0 Å². The van der Waals surface area contributed by atoms with Gasteiger partial charge in [-0.3, -0.25) is 19.2 Å². The van der Waals surface area contributed by atoms with E-state index in [4.69, 9.17) is 4.74 Å². The number of nitrogens with one attached hydrogen (secondary N) is 1. The molecule has 0 spiro atoms. The molecule has 0 radical (unpaired) electrons. The van der Waals surface area contributed by atoms with Crippen molar-refractivity contribution in [3.63, 3.8) is 0 Å². The van der Waals surface area contributed by atoms with Gasteiger partial charge in [-0.1, -0.05) is 25.3 Å². The van der Waals surface area contributed by atoms with Gasteiger partial charge in [-0.15, -0.1) is 0 Å². The quantitative estimate of drug-likeness (QED) is 0.305. The average molecular weight is 697 g/mol. The van der Waals surface area contributed by atoms with Crippen LogP contribution in [0.5, 0.6) is 5.75 Å². The fraction of sp³-hybridized carbons (Fsp3) is 0.568. The van der Waals surface area contributed by atoms with Crippen LogP contribution in [0, 0.1) is 5.41 Å². The Morgan fingerprint density at radius 2 is 1.80 bits per heavy atom. The van der Waals surface area contributed by atoms with Gasteiger partial charge in [0.2, 0.25) is 5.91 Å². The predicted molar refractivity (Wildman–Crippen MR) is 182 cm³/mol. The van der Waals surface area contributed by atoms with Crippen LogP contribution < -0.4 is 9.46 Å². The minimum atomic E-state index is -4.46. The van der Waals surface area contributed by atoms with E-state index < -0.39 is 40.7 Å². The van der Waals surface area contributed by atoms with E-state index in [0.29, 0.717) is 18.5 Å². The van der Waals surface area contributed by atoms with Crippen molar-refractivity contribution in [2.24, 2.45) is 5.41 Å². The third-order valence-corrected chi connectivity index (χ3v) is 13.0.